The molecule has 0 radical (unpaired) electrons. The lowest BCUT2D eigenvalue weighted by molar-refractivity contribution is 0.0344. The SMILES string of the molecule is C[C@H](CO)N1C[C@H](C)[C@H](CN(C)Cc2ccccc2)Oc2c(NS(=O)(=O)c3ccc(F)cc3)cccc2C1=O. The van der Waals surface area contributed by atoms with Crippen molar-refractivity contribution in [3.8, 4) is 5.75 Å². The van der Waals surface area contributed by atoms with E-state index in [1.807, 2.05) is 44.3 Å². The maximum absolute atomic E-state index is 13.6. The number of fused-ring (bicyclic) bond motifs is 1. The number of ether oxygens (including phenoxy) is 1. The molecule has 2 N–H and O–H groups in total. The third kappa shape index (κ3) is 6.76. The number of nitrogens with one attached hydrogen (secondary N) is 1. The number of hydrogen-bond donors (Lipinski definition) is 2. The minimum Gasteiger partial charge on any atom is -0.486 e. The maximum Gasteiger partial charge on any atom is 0.262 e. The molecular weight excluding hydrogens is 521 g/mol. The smallest absolute Gasteiger partial charge is 0.262 e. The summed E-state index contributed by atoms with van der Waals surface area (Å²) in [7, 11) is -2.13. The number of hydrogen-bond acceptors (Lipinski definition) is 6. The van der Waals surface area contributed by atoms with E-state index in [9.17, 15) is 22.7 Å². The van der Waals surface area contributed by atoms with E-state index in [-0.39, 0.29) is 40.3 Å². The molecule has 0 aromatic heterocycles. The fourth-order valence-corrected chi connectivity index (χ4v) is 5.69. The molecule has 0 spiro atoms. The number of benzene rings is 3. The molecule has 0 saturated carbocycles. The lowest BCUT2D eigenvalue weighted by Crippen LogP contribution is -2.49. The summed E-state index contributed by atoms with van der Waals surface area (Å²) in [4.78, 5) is 17.2. The van der Waals surface area contributed by atoms with Crippen molar-refractivity contribution in [1.82, 2.24) is 9.80 Å². The Kier molecular flexibility index (Phi) is 8.89. The van der Waals surface area contributed by atoms with E-state index in [0.29, 0.717) is 19.6 Å². The van der Waals surface area contributed by atoms with Gasteiger partial charge in [0.15, 0.2) is 5.75 Å². The van der Waals surface area contributed by atoms with E-state index in [1.54, 1.807) is 24.0 Å². The summed E-state index contributed by atoms with van der Waals surface area (Å²) < 4.78 is 48.7. The Labute approximate surface area is 229 Å². The third-order valence-corrected chi connectivity index (χ3v) is 8.23. The summed E-state index contributed by atoms with van der Waals surface area (Å²) in [5, 5.41) is 9.88. The first-order chi connectivity index (χ1) is 18.6. The second-order valence-corrected chi connectivity index (χ2v) is 11.7. The molecule has 0 unspecified atom stereocenters. The second-order valence-electron chi connectivity index (χ2n) is 10.0. The maximum atomic E-state index is 13.6. The monoisotopic (exact) mass is 555 g/mol. The van der Waals surface area contributed by atoms with Gasteiger partial charge < -0.3 is 14.7 Å². The molecule has 4 rings (SSSR count). The summed E-state index contributed by atoms with van der Waals surface area (Å²) in [6.07, 6.45) is -0.407. The van der Waals surface area contributed by atoms with Crippen molar-refractivity contribution in [2.24, 2.45) is 5.92 Å². The van der Waals surface area contributed by atoms with Crippen molar-refractivity contribution < 1.29 is 27.4 Å². The molecule has 3 atom stereocenters. The molecular formula is C29H34FN3O5S. The van der Waals surface area contributed by atoms with Crippen LogP contribution < -0.4 is 9.46 Å². The van der Waals surface area contributed by atoms with Gasteiger partial charge in [-0.1, -0.05) is 43.3 Å². The number of nitrogens with zero attached hydrogens (tertiary/aromatic N) is 2. The highest BCUT2D eigenvalue weighted by atomic mass is 32.2. The minimum atomic E-state index is -4.10. The number of para-hydroxylation sites is 1. The number of rotatable bonds is 9. The van der Waals surface area contributed by atoms with Crippen LogP contribution in [0.5, 0.6) is 5.75 Å². The van der Waals surface area contributed by atoms with Gasteiger partial charge in [0.1, 0.15) is 11.9 Å². The third-order valence-electron chi connectivity index (χ3n) is 6.85. The zero-order valence-electron chi connectivity index (χ0n) is 22.2. The highest BCUT2D eigenvalue weighted by molar-refractivity contribution is 7.92. The minimum absolute atomic E-state index is 0.103. The summed E-state index contributed by atoms with van der Waals surface area (Å²) >= 11 is 0. The average Bonchev–Trinajstić information content (AvgIpc) is 2.91. The van der Waals surface area contributed by atoms with Gasteiger partial charge in [-0.15, -0.1) is 0 Å². The first-order valence-electron chi connectivity index (χ1n) is 12.8. The molecule has 1 heterocycles. The Morgan fingerprint density at radius 2 is 1.79 bits per heavy atom. The highest BCUT2D eigenvalue weighted by Gasteiger charge is 2.35. The largest absolute Gasteiger partial charge is 0.486 e. The Bertz CT molecular complexity index is 1390. The normalized spacial score (nSPS) is 18.6. The van der Waals surface area contributed by atoms with Gasteiger partial charge in [0, 0.05) is 25.6 Å². The van der Waals surface area contributed by atoms with E-state index in [0.717, 1.165) is 17.7 Å². The van der Waals surface area contributed by atoms with Crippen LogP contribution in [-0.4, -0.2) is 68.1 Å². The quantitative estimate of drug-likeness (QED) is 0.415. The Morgan fingerprint density at radius 3 is 2.46 bits per heavy atom. The zero-order valence-corrected chi connectivity index (χ0v) is 23.1. The Balaban J connectivity index is 1.71. The van der Waals surface area contributed by atoms with Crippen LogP contribution in [-0.2, 0) is 16.6 Å². The number of amides is 1. The van der Waals surface area contributed by atoms with Crippen molar-refractivity contribution in [2.75, 3.05) is 31.5 Å². The average molecular weight is 556 g/mol. The van der Waals surface area contributed by atoms with Gasteiger partial charge in [0.2, 0.25) is 0 Å². The van der Waals surface area contributed by atoms with E-state index < -0.39 is 28.0 Å². The zero-order chi connectivity index (χ0) is 28.2. The number of carbonyl (C=O) groups excluding carboxylic acids is 1. The summed E-state index contributed by atoms with van der Waals surface area (Å²) in [6, 6.07) is 18.7. The van der Waals surface area contributed by atoms with Crippen LogP contribution in [0.1, 0.15) is 29.8 Å². The molecule has 1 aliphatic heterocycles. The summed E-state index contributed by atoms with van der Waals surface area (Å²) in [5.74, 6) is -0.941. The molecule has 1 amide bonds. The Hall–Kier alpha value is -3.47. The van der Waals surface area contributed by atoms with Gasteiger partial charge in [-0.2, -0.15) is 0 Å². The molecule has 8 nitrogen and oxygen atoms in total. The predicted octanol–water partition coefficient (Wildman–Crippen LogP) is 3.98. The van der Waals surface area contributed by atoms with Crippen molar-refractivity contribution in [3.05, 3.63) is 89.7 Å². The molecule has 3 aromatic rings. The van der Waals surface area contributed by atoms with Crippen LogP contribution in [0.3, 0.4) is 0 Å². The first kappa shape index (κ1) is 28.5. The summed E-state index contributed by atoms with van der Waals surface area (Å²) in [6.45, 7) is 5.06. The van der Waals surface area contributed by atoms with Crippen LogP contribution in [0.2, 0.25) is 0 Å². The van der Waals surface area contributed by atoms with Crippen molar-refractivity contribution in [3.63, 3.8) is 0 Å². The van der Waals surface area contributed by atoms with Gasteiger partial charge in [-0.3, -0.25) is 14.4 Å². The second kappa shape index (κ2) is 12.1. The van der Waals surface area contributed by atoms with E-state index in [4.69, 9.17) is 4.74 Å². The number of sulfonamides is 1. The number of halogens is 1. The molecule has 0 fully saturated rings. The molecule has 0 bridgehead atoms. The van der Waals surface area contributed by atoms with Crippen LogP contribution in [0.25, 0.3) is 0 Å². The molecule has 3 aromatic carbocycles. The summed E-state index contributed by atoms with van der Waals surface area (Å²) in [5.41, 5.74) is 1.43. The van der Waals surface area contributed by atoms with E-state index in [2.05, 4.69) is 9.62 Å². The highest BCUT2D eigenvalue weighted by Crippen LogP contribution is 2.36. The fraction of sp³-hybridized carbons (Fsp3) is 0.345. The fourth-order valence-electron chi connectivity index (χ4n) is 4.63. The van der Waals surface area contributed by atoms with Gasteiger partial charge in [0.25, 0.3) is 15.9 Å². The van der Waals surface area contributed by atoms with Gasteiger partial charge in [-0.25, -0.2) is 12.8 Å². The standard InChI is InChI=1S/C29H34FN3O5S/c1-20-16-33(21(2)19-34)29(35)25-10-7-11-26(31-39(36,37)24-14-12-23(30)13-15-24)28(25)38-27(20)18-32(3)17-22-8-5-4-6-9-22/h4-15,20-21,27,31,34H,16-19H2,1-3H3/t20-,21+,27-/m0/s1. The number of aliphatic hydroxyl groups is 1. The van der Waals surface area contributed by atoms with Crippen molar-refractivity contribution >= 4 is 21.6 Å². The van der Waals surface area contributed by atoms with Crippen LogP contribution in [0, 0.1) is 11.7 Å². The lowest BCUT2D eigenvalue weighted by Gasteiger charge is -2.38. The van der Waals surface area contributed by atoms with Gasteiger partial charge in [-0.05, 0) is 55.9 Å². The van der Waals surface area contributed by atoms with Crippen LogP contribution in [0.15, 0.2) is 77.7 Å². The molecule has 1 aliphatic rings. The van der Waals surface area contributed by atoms with E-state index in [1.165, 1.54) is 18.2 Å². The van der Waals surface area contributed by atoms with Crippen molar-refractivity contribution in [2.45, 2.75) is 37.4 Å². The number of likely N-dealkylation sites (N-methyl/N-ethyl adjacent to an activating group) is 1. The predicted molar refractivity (Wildman–Crippen MR) is 148 cm³/mol. The molecule has 0 saturated heterocycles. The number of carbonyl (C=O) groups is 1. The Morgan fingerprint density at radius 1 is 1.10 bits per heavy atom. The molecule has 0 aliphatic carbocycles. The van der Waals surface area contributed by atoms with Crippen LogP contribution in [0.4, 0.5) is 10.1 Å². The van der Waals surface area contributed by atoms with Gasteiger partial charge >= 0.3 is 0 Å². The topological polar surface area (TPSA) is 99.2 Å². The van der Waals surface area contributed by atoms with E-state index >= 15 is 0 Å². The number of aliphatic hydroxyl groups excluding tert-OH is 1. The lowest BCUT2D eigenvalue weighted by atomic mass is 9.99. The first-order valence-corrected chi connectivity index (χ1v) is 14.3. The number of anilines is 1. The van der Waals surface area contributed by atoms with Gasteiger partial charge in [0.05, 0.1) is 28.8 Å². The molecule has 10 heteroatoms. The van der Waals surface area contributed by atoms with Crippen LogP contribution >= 0.6 is 0 Å². The molecule has 39 heavy (non-hydrogen) atoms. The molecule has 208 valence electrons. The van der Waals surface area contributed by atoms with Crippen molar-refractivity contribution in [1.29, 1.82) is 0 Å².